The van der Waals surface area contributed by atoms with Gasteiger partial charge in [0.15, 0.2) is 0 Å². The van der Waals surface area contributed by atoms with Gasteiger partial charge < -0.3 is 15.1 Å². The number of anilines is 2. The average molecular weight is 380 g/mol. The summed E-state index contributed by atoms with van der Waals surface area (Å²) in [5, 5.41) is 3.06. The first-order chi connectivity index (χ1) is 13.5. The molecule has 2 amide bonds. The topological polar surface area (TPSA) is 65.5 Å². The van der Waals surface area contributed by atoms with Crippen molar-refractivity contribution < 1.29 is 9.59 Å². The molecule has 2 heterocycles. The first-order valence-electron chi connectivity index (χ1n) is 9.92. The summed E-state index contributed by atoms with van der Waals surface area (Å²) in [6.07, 6.45) is 3.47. The lowest BCUT2D eigenvalue weighted by Gasteiger charge is -2.35. The van der Waals surface area contributed by atoms with Crippen LogP contribution in [0.5, 0.6) is 0 Å². The Balaban J connectivity index is 1.69. The molecule has 0 radical (unpaired) electrons. The minimum Gasteiger partial charge on any atom is -0.367 e. The number of para-hydroxylation sites is 1. The van der Waals surface area contributed by atoms with Gasteiger partial charge in [-0.2, -0.15) is 0 Å². The second kappa shape index (κ2) is 8.87. The van der Waals surface area contributed by atoms with Gasteiger partial charge in [-0.1, -0.05) is 32.0 Å². The number of rotatable bonds is 5. The minimum atomic E-state index is -0.191. The van der Waals surface area contributed by atoms with Crippen LogP contribution in [0.15, 0.2) is 36.5 Å². The molecule has 28 heavy (non-hydrogen) atoms. The van der Waals surface area contributed by atoms with Crippen LogP contribution in [0.25, 0.3) is 0 Å². The standard InChI is InChI=1S/C22H28N4O2/c1-4-17-7-6-8-18(5-2)21(17)24-22(28)20-10-9-19(15-23-20)26-13-11-25(12-14-26)16(3)27/h6-10,15H,4-5,11-14H2,1-3H3,(H,24,28). The van der Waals surface area contributed by atoms with Crippen LogP contribution in [-0.2, 0) is 17.6 Å². The van der Waals surface area contributed by atoms with E-state index >= 15 is 0 Å². The fourth-order valence-corrected chi connectivity index (χ4v) is 3.57. The fourth-order valence-electron chi connectivity index (χ4n) is 3.57. The van der Waals surface area contributed by atoms with Crippen molar-refractivity contribution in [2.75, 3.05) is 36.4 Å². The van der Waals surface area contributed by atoms with Gasteiger partial charge >= 0.3 is 0 Å². The Bertz CT molecular complexity index is 818. The van der Waals surface area contributed by atoms with Crippen LogP contribution in [0.3, 0.4) is 0 Å². The van der Waals surface area contributed by atoms with Gasteiger partial charge in [0.2, 0.25) is 5.91 Å². The quantitative estimate of drug-likeness (QED) is 0.866. The highest BCUT2D eigenvalue weighted by Crippen LogP contribution is 2.23. The van der Waals surface area contributed by atoms with Crippen LogP contribution in [0.1, 0.15) is 42.4 Å². The Hall–Kier alpha value is -2.89. The molecular formula is C22H28N4O2. The lowest BCUT2D eigenvalue weighted by Crippen LogP contribution is -2.48. The molecule has 3 rings (SSSR count). The second-order valence-corrected chi connectivity index (χ2v) is 7.01. The molecule has 1 aromatic carbocycles. The number of nitrogens with zero attached hydrogens (tertiary/aromatic N) is 3. The van der Waals surface area contributed by atoms with E-state index in [9.17, 15) is 9.59 Å². The van der Waals surface area contributed by atoms with Gasteiger partial charge in [0.05, 0.1) is 11.9 Å². The highest BCUT2D eigenvalue weighted by molar-refractivity contribution is 6.03. The van der Waals surface area contributed by atoms with Crippen molar-refractivity contribution in [3.05, 3.63) is 53.3 Å². The number of carbonyl (C=O) groups is 2. The van der Waals surface area contributed by atoms with Gasteiger partial charge in [-0.3, -0.25) is 9.59 Å². The van der Waals surface area contributed by atoms with E-state index in [4.69, 9.17) is 0 Å². The Morgan fingerprint density at radius 1 is 1.00 bits per heavy atom. The molecule has 0 unspecified atom stereocenters. The average Bonchev–Trinajstić information content (AvgIpc) is 2.74. The first-order valence-corrected chi connectivity index (χ1v) is 9.92. The lowest BCUT2D eigenvalue weighted by atomic mass is 10.0. The maximum absolute atomic E-state index is 12.7. The number of piperazine rings is 1. The summed E-state index contributed by atoms with van der Waals surface area (Å²) in [5.74, 6) is -0.0767. The van der Waals surface area contributed by atoms with Crippen LogP contribution in [0.4, 0.5) is 11.4 Å². The van der Waals surface area contributed by atoms with E-state index in [0.29, 0.717) is 18.8 Å². The van der Waals surface area contributed by atoms with Crippen molar-refractivity contribution in [1.29, 1.82) is 0 Å². The molecule has 2 aromatic rings. The van der Waals surface area contributed by atoms with E-state index in [-0.39, 0.29) is 11.8 Å². The highest BCUT2D eigenvalue weighted by Gasteiger charge is 2.19. The Morgan fingerprint density at radius 3 is 2.14 bits per heavy atom. The van der Waals surface area contributed by atoms with E-state index in [0.717, 1.165) is 48.4 Å². The molecule has 0 aliphatic carbocycles. The van der Waals surface area contributed by atoms with Crippen LogP contribution in [0.2, 0.25) is 0 Å². The van der Waals surface area contributed by atoms with Crippen LogP contribution >= 0.6 is 0 Å². The van der Waals surface area contributed by atoms with E-state index in [1.807, 2.05) is 29.2 Å². The molecule has 1 aliphatic rings. The number of aryl methyl sites for hydroxylation is 2. The lowest BCUT2D eigenvalue weighted by molar-refractivity contribution is -0.129. The number of hydrogen-bond donors (Lipinski definition) is 1. The SMILES string of the molecule is CCc1cccc(CC)c1NC(=O)c1ccc(N2CCN(C(C)=O)CC2)cn1. The molecule has 1 aromatic heterocycles. The Labute approximate surface area is 166 Å². The monoisotopic (exact) mass is 380 g/mol. The first kappa shape index (κ1) is 19.9. The number of nitrogens with one attached hydrogen (secondary N) is 1. The van der Waals surface area contributed by atoms with Gasteiger partial charge in [-0.05, 0) is 36.1 Å². The van der Waals surface area contributed by atoms with Crippen molar-refractivity contribution in [3.8, 4) is 0 Å². The molecule has 0 spiro atoms. The highest BCUT2D eigenvalue weighted by atomic mass is 16.2. The fraction of sp³-hybridized carbons (Fsp3) is 0.409. The molecule has 0 atom stereocenters. The van der Waals surface area contributed by atoms with Gasteiger partial charge in [0, 0.05) is 38.8 Å². The zero-order valence-corrected chi connectivity index (χ0v) is 16.9. The third-order valence-electron chi connectivity index (χ3n) is 5.31. The maximum Gasteiger partial charge on any atom is 0.274 e. The summed E-state index contributed by atoms with van der Waals surface area (Å²) in [4.78, 5) is 32.6. The minimum absolute atomic E-state index is 0.114. The zero-order valence-electron chi connectivity index (χ0n) is 16.9. The maximum atomic E-state index is 12.7. The van der Waals surface area contributed by atoms with Crippen molar-refractivity contribution in [2.24, 2.45) is 0 Å². The number of amides is 2. The number of hydrogen-bond acceptors (Lipinski definition) is 4. The summed E-state index contributed by atoms with van der Waals surface area (Å²) in [6, 6.07) is 9.82. The molecule has 6 heteroatoms. The number of carbonyl (C=O) groups excluding carboxylic acids is 2. The predicted octanol–water partition coefficient (Wildman–Crippen LogP) is 3.13. The predicted molar refractivity (Wildman–Crippen MR) is 112 cm³/mol. The molecule has 6 nitrogen and oxygen atoms in total. The number of benzene rings is 1. The van der Waals surface area contributed by atoms with Crippen molar-refractivity contribution in [3.63, 3.8) is 0 Å². The smallest absolute Gasteiger partial charge is 0.274 e. The van der Waals surface area contributed by atoms with Gasteiger partial charge in [0.25, 0.3) is 5.91 Å². The zero-order chi connectivity index (χ0) is 20.1. The third-order valence-corrected chi connectivity index (χ3v) is 5.31. The van der Waals surface area contributed by atoms with Crippen molar-refractivity contribution in [2.45, 2.75) is 33.6 Å². The number of pyridine rings is 1. The molecule has 1 fully saturated rings. The summed E-state index contributed by atoms with van der Waals surface area (Å²) < 4.78 is 0. The summed E-state index contributed by atoms with van der Waals surface area (Å²) in [5.41, 5.74) is 4.55. The Morgan fingerprint density at radius 2 is 1.64 bits per heavy atom. The third kappa shape index (κ3) is 4.32. The second-order valence-electron chi connectivity index (χ2n) is 7.01. The van der Waals surface area contributed by atoms with Crippen molar-refractivity contribution >= 4 is 23.2 Å². The van der Waals surface area contributed by atoms with E-state index in [1.54, 1.807) is 19.2 Å². The molecule has 148 valence electrons. The molecule has 0 bridgehead atoms. The summed E-state index contributed by atoms with van der Waals surface area (Å²) in [7, 11) is 0. The number of aromatic nitrogens is 1. The molecular weight excluding hydrogens is 352 g/mol. The molecule has 1 N–H and O–H groups in total. The van der Waals surface area contributed by atoms with Gasteiger partial charge in [0.1, 0.15) is 5.69 Å². The Kier molecular flexibility index (Phi) is 6.29. The molecule has 1 saturated heterocycles. The normalized spacial score (nSPS) is 14.1. The summed E-state index contributed by atoms with van der Waals surface area (Å²) in [6.45, 7) is 8.75. The van der Waals surface area contributed by atoms with Crippen LogP contribution in [0, 0.1) is 0 Å². The van der Waals surface area contributed by atoms with Crippen LogP contribution in [-0.4, -0.2) is 47.9 Å². The molecule has 1 aliphatic heterocycles. The van der Waals surface area contributed by atoms with Gasteiger partial charge in [-0.15, -0.1) is 0 Å². The van der Waals surface area contributed by atoms with Crippen molar-refractivity contribution in [1.82, 2.24) is 9.88 Å². The van der Waals surface area contributed by atoms with E-state index in [2.05, 4.69) is 29.0 Å². The van der Waals surface area contributed by atoms with E-state index in [1.165, 1.54) is 0 Å². The summed E-state index contributed by atoms with van der Waals surface area (Å²) >= 11 is 0. The largest absolute Gasteiger partial charge is 0.367 e. The van der Waals surface area contributed by atoms with Gasteiger partial charge in [-0.25, -0.2) is 4.98 Å². The van der Waals surface area contributed by atoms with Crippen LogP contribution < -0.4 is 10.2 Å². The molecule has 0 saturated carbocycles. The van der Waals surface area contributed by atoms with E-state index < -0.39 is 0 Å².